The minimum Gasteiger partial charge on any atom is -0.338 e. The van der Waals surface area contributed by atoms with E-state index in [0.29, 0.717) is 13.1 Å². The van der Waals surface area contributed by atoms with Crippen LogP contribution in [0.5, 0.6) is 0 Å². The Morgan fingerprint density at radius 2 is 1.92 bits per heavy atom. The minimum atomic E-state index is -0.173. The molecule has 0 bridgehead atoms. The van der Waals surface area contributed by atoms with E-state index in [1.165, 1.54) is 5.56 Å². The Morgan fingerprint density at radius 3 is 2.72 bits per heavy atom. The van der Waals surface area contributed by atoms with Gasteiger partial charge in [-0.25, -0.2) is 14.8 Å². The highest BCUT2D eigenvalue weighted by Gasteiger charge is 2.07. The van der Waals surface area contributed by atoms with Crippen LogP contribution in [0.3, 0.4) is 0 Å². The van der Waals surface area contributed by atoms with Gasteiger partial charge in [0.15, 0.2) is 0 Å². The number of pyridine rings is 1. The molecule has 0 spiro atoms. The molecule has 0 radical (unpaired) electrons. The third-order valence-electron chi connectivity index (χ3n) is 3.83. The lowest BCUT2D eigenvalue weighted by Gasteiger charge is -2.11. The van der Waals surface area contributed by atoms with Gasteiger partial charge in [-0.2, -0.15) is 0 Å². The second-order valence-corrected chi connectivity index (χ2v) is 5.65. The van der Waals surface area contributed by atoms with Crippen LogP contribution in [0.25, 0.3) is 5.82 Å². The molecule has 3 rings (SSSR count). The fourth-order valence-corrected chi connectivity index (χ4v) is 2.56. The van der Waals surface area contributed by atoms with Crippen molar-refractivity contribution in [2.45, 2.75) is 19.4 Å². The molecule has 6 heteroatoms. The largest absolute Gasteiger partial charge is 0.338 e. The number of benzene rings is 1. The maximum Gasteiger partial charge on any atom is 0.315 e. The fraction of sp³-hybridized carbons (Fsp3) is 0.211. The van der Waals surface area contributed by atoms with Crippen LogP contribution >= 0.6 is 0 Å². The predicted molar refractivity (Wildman–Crippen MR) is 96.4 cm³/mol. The molecule has 0 aliphatic carbocycles. The summed E-state index contributed by atoms with van der Waals surface area (Å²) in [4.78, 5) is 20.4. The van der Waals surface area contributed by atoms with Crippen molar-refractivity contribution in [2.24, 2.45) is 0 Å². The molecular formula is C19H21N5O. The Balaban J connectivity index is 1.44. The van der Waals surface area contributed by atoms with E-state index in [2.05, 4.69) is 32.7 Å². The molecule has 0 saturated carbocycles. The van der Waals surface area contributed by atoms with E-state index in [1.54, 1.807) is 18.7 Å². The monoisotopic (exact) mass is 335 g/mol. The summed E-state index contributed by atoms with van der Waals surface area (Å²) in [5, 5.41) is 5.76. The molecule has 2 heterocycles. The van der Waals surface area contributed by atoms with E-state index in [0.717, 1.165) is 24.2 Å². The van der Waals surface area contributed by atoms with Gasteiger partial charge in [-0.15, -0.1) is 0 Å². The molecule has 0 unspecified atom stereocenters. The molecule has 1 aromatic carbocycles. The molecule has 3 aromatic rings. The van der Waals surface area contributed by atoms with Crippen LogP contribution in [-0.4, -0.2) is 27.1 Å². The number of amides is 2. The summed E-state index contributed by atoms with van der Waals surface area (Å²) in [6.45, 7) is 1.05. The summed E-state index contributed by atoms with van der Waals surface area (Å²) in [5.74, 6) is 0.768. The molecule has 2 N–H and O–H groups in total. The molecule has 2 aromatic heterocycles. The van der Waals surface area contributed by atoms with Crippen LogP contribution in [0.4, 0.5) is 4.79 Å². The first-order chi connectivity index (χ1) is 12.3. The smallest absolute Gasteiger partial charge is 0.315 e. The molecule has 0 aliphatic heterocycles. The first kappa shape index (κ1) is 16.7. The Morgan fingerprint density at radius 1 is 1.04 bits per heavy atom. The quantitative estimate of drug-likeness (QED) is 0.652. The first-order valence-corrected chi connectivity index (χ1v) is 8.31. The second kappa shape index (κ2) is 8.63. The number of hydrogen-bond acceptors (Lipinski definition) is 3. The number of nitrogens with zero attached hydrogens (tertiary/aromatic N) is 3. The number of hydrogen-bond donors (Lipinski definition) is 2. The van der Waals surface area contributed by atoms with Crippen LogP contribution in [0.15, 0.2) is 67.4 Å². The second-order valence-electron chi connectivity index (χ2n) is 5.65. The maximum absolute atomic E-state index is 12.0. The molecule has 128 valence electrons. The normalized spacial score (nSPS) is 10.4. The summed E-state index contributed by atoms with van der Waals surface area (Å²) >= 11 is 0. The zero-order valence-electron chi connectivity index (χ0n) is 13.9. The van der Waals surface area contributed by atoms with Crippen molar-refractivity contribution >= 4 is 6.03 Å². The number of carbonyl (C=O) groups excluding carboxylic acids is 1. The molecule has 0 aliphatic rings. The Bertz CT molecular complexity index is 787. The van der Waals surface area contributed by atoms with Crippen LogP contribution in [0, 0.1) is 0 Å². The van der Waals surface area contributed by atoms with E-state index >= 15 is 0 Å². The zero-order valence-corrected chi connectivity index (χ0v) is 13.9. The average Bonchev–Trinajstić information content (AvgIpc) is 3.19. The van der Waals surface area contributed by atoms with Gasteiger partial charge in [-0.1, -0.05) is 36.4 Å². The molecule has 2 amide bonds. The maximum atomic E-state index is 12.0. The van der Waals surface area contributed by atoms with Crippen molar-refractivity contribution in [3.63, 3.8) is 0 Å². The van der Waals surface area contributed by atoms with E-state index in [4.69, 9.17) is 0 Å². The van der Waals surface area contributed by atoms with Crippen molar-refractivity contribution in [1.29, 1.82) is 0 Å². The van der Waals surface area contributed by atoms with Gasteiger partial charge in [-0.3, -0.25) is 4.57 Å². The van der Waals surface area contributed by atoms with Crippen molar-refractivity contribution in [3.05, 3.63) is 78.5 Å². The Labute approximate surface area is 146 Å². The van der Waals surface area contributed by atoms with Gasteiger partial charge < -0.3 is 10.6 Å². The van der Waals surface area contributed by atoms with Crippen molar-refractivity contribution < 1.29 is 4.79 Å². The minimum absolute atomic E-state index is 0.173. The third-order valence-corrected chi connectivity index (χ3v) is 3.83. The van der Waals surface area contributed by atoms with Gasteiger partial charge in [0, 0.05) is 37.2 Å². The molecule has 0 saturated heterocycles. The van der Waals surface area contributed by atoms with Gasteiger partial charge in [-0.05, 0) is 24.5 Å². The fourth-order valence-electron chi connectivity index (χ4n) is 2.56. The van der Waals surface area contributed by atoms with E-state index in [1.807, 2.05) is 41.1 Å². The number of urea groups is 1. The summed E-state index contributed by atoms with van der Waals surface area (Å²) in [7, 11) is 0. The van der Waals surface area contributed by atoms with E-state index < -0.39 is 0 Å². The van der Waals surface area contributed by atoms with Crippen LogP contribution in [-0.2, 0) is 13.0 Å². The standard InChI is InChI=1S/C19H21N5O/c25-19(22-11-4-8-16-6-2-1-3-7-16)23-14-17-9-5-10-21-18(17)24-13-12-20-15-24/h1-3,5-7,9-10,12-13,15H,4,8,11,14H2,(H2,22,23,25). The van der Waals surface area contributed by atoms with Crippen molar-refractivity contribution in [2.75, 3.05) is 6.54 Å². The molecule has 0 atom stereocenters. The summed E-state index contributed by atoms with van der Waals surface area (Å²) in [6.07, 6.45) is 8.80. The third kappa shape index (κ3) is 4.91. The number of carbonyl (C=O) groups is 1. The first-order valence-electron chi connectivity index (χ1n) is 8.31. The van der Waals surface area contributed by atoms with Gasteiger partial charge in [0.1, 0.15) is 12.1 Å². The van der Waals surface area contributed by atoms with Gasteiger partial charge >= 0.3 is 6.03 Å². The lowest BCUT2D eigenvalue weighted by Crippen LogP contribution is -2.36. The summed E-state index contributed by atoms with van der Waals surface area (Å²) in [5.41, 5.74) is 2.21. The van der Waals surface area contributed by atoms with Gasteiger partial charge in [0.2, 0.25) is 0 Å². The average molecular weight is 335 g/mol. The van der Waals surface area contributed by atoms with Gasteiger partial charge in [0.25, 0.3) is 0 Å². The summed E-state index contributed by atoms with van der Waals surface area (Å²) < 4.78 is 1.83. The topological polar surface area (TPSA) is 71.8 Å². The SMILES string of the molecule is O=C(NCCCc1ccccc1)NCc1cccnc1-n1ccnc1. The molecule has 0 fully saturated rings. The molecule has 6 nitrogen and oxygen atoms in total. The van der Waals surface area contributed by atoms with E-state index in [-0.39, 0.29) is 6.03 Å². The zero-order chi connectivity index (χ0) is 17.3. The van der Waals surface area contributed by atoms with Crippen LogP contribution in [0.1, 0.15) is 17.5 Å². The van der Waals surface area contributed by atoms with E-state index in [9.17, 15) is 4.79 Å². The highest BCUT2D eigenvalue weighted by Crippen LogP contribution is 2.10. The number of nitrogens with one attached hydrogen (secondary N) is 2. The Kier molecular flexibility index (Phi) is 5.77. The van der Waals surface area contributed by atoms with Crippen LogP contribution < -0.4 is 10.6 Å². The van der Waals surface area contributed by atoms with Crippen molar-refractivity contribution in [1.82, 2.24) is 25.2 Å². The van der Waals surface area contributed by atoms with Crippen molar-refractivity contribution in [3.8, 4) is 5.82 Å². The number of imidazole rings is 1. The predicted octanol–water partition coefficient (Wildman–Crippen LogP) is 2.70. The lowest BCUT2D eigenvalue weighted by atomic mass is 10.1. The lowest BCUT2D eigenvalue weighted by molar-refractivity contribution is 0.240. The number of rotatable bonds is 7. The Hall–Kier alpha value is -3.15. The highest BCUT2D eigenvalue weighted by atomic mass is 16.2. The molecular weight excluding hydrogens is 314 g/mol. The molecule has 25 heavy (non-hydrogen) atoms. The summed E-state index contributed by atoms with van der Waals surface area (Å²) in [6, 6.07) is 13.9. The number of aromatic nitrogens is 3. The van der Waals surface area contributed by atoms with Crippen LogP contribution in [0.2, 0.25) is 0 Å². The highest BCUT2D eigenvalue weighted by molar-refractivity contribution is 5.73. The number of aryl methyl sites for hydroxylation is 1. The van der Waals surface area contributed by atoms with Gasteiger partial charge in [0.05, 0.1) is 0 Å².